The van der Waals surface area contributed by atoms with Gasteiger partial charge in [0.05, 0.1) is 40.9 Å². The summed E-state index contributed by atoms with van der Waals surface area (Å²) in [6.45, 7) is 5.83. The molecule has 0 spiro atoms. The van der Waals surface area contributed by atoms with Crippen molar-refractivity contribution in [2.45, 2.75) is 32.9 Å². The first kappa shape index (κ1) is 20.1. The first-order chi connectivity index (χ1) is 14.3. The molecule has 1 aliphatic heterocycles. The van der Waals surface area contributed by atoms with Crippen molar-refractivity contribution in [2.24, 2.45) is 0 Å². The predicted molar refractivity (Wildman–Crippen MR) is 108 cm³/mol. The molecule has 11 heteroatoms. The highest BCUT2D eigenvalue weighted by Gasteiger charge is 2.34. The minimum Gasteiger partial charge on any atom is -0.493 e. The fraction of sp³-hybridized carbons (Fsp3) is 0.368. The van der Waals surface area contributed by atoms with Crippen molar-refractivity contribution in [3.63, 3.8) is 0 Å². The maximum Gasteiger partial charge on any atom is 0.407 e. The molecule has 0 saturated carbocycles. The Morgan fingerprint density at radius 2 is 2.27 bits per heavy atom. The molecule has 1 amide bonds. The average Bonchev–Trinajstić information content (AvgIpc) is 3.28. The fourth-order valence-corrected chi connectivity index (χ4v) is 3.89. The Kier molecular flexibility index (Phi) is 5.10. The minimum absolute atomic E-state index is 0.0897. The highest BCUT2D eigenvalue weighted by molar-refractivity contribution is 6.31. The molecule has 0 unspecified atom stereocenters. The molecule has 0 radical (unpaired) electrons. The molecule has 0 aliphatic carbocycles. The van der Waals surface area contributed by atoms with E-state index in [0.29, 0.717) is 28.1 Å². The van der Waals surface area contributed by atoms with E-state index in [4.69, 9.17) is 26.8 Å². The lowest BCUT2D eigenvalue weighted by Gasteiger charge is -2.23. The monoisotopic (exact) mass is 434 g/mol. The maximum absolute atomic E-state index is 15.0. The standard InChI is InChI=1S/C19H20ClFN6O3/c1-4-29-16-10(5-11(20)15(21)14(16)12-6-23-19(28)30-12)9(3)27-18-13(8(2)26-27)17(22)24-7-25-18/h5,7,9,12H,4,6H2,1-3H3,(H,23,28)(H2,22,24,25)/t9-,12+/m1/s1. The number of nitrogens with one attached hydrogen (secondary N) is 1. The second-order valence-corrected chi connectivity index (χ2v) is 7.28. The average molecular weight is 435 g/mol. The summed E-state index contributed by atoms with van der Waals surface area (Å²) in [6.07, 6.45) is -0.131. The highest BCUT2D eigenvalue weighted by Crippen LogP contribution is 2.42. The zero-order chi connectivity index (χ0) is 21.6. The number of anilines is 1. The maximum atomic E-state index is 15.0. The van der Waals surface area contributed by atoms with Gasteiger partial charge >= 0.3 is 6.09 Å². The molecule has 3 heterocycles. The molecule has 1 fully saturated rings. The second-order valence-electron chi connectivity index (χ2n) is 6.88. The van der Waals surface area contributed by atoms with E-state index in [1.807, 2.05) is 6.92 Å². The van der Waals surface area contributed by atoms with Crippen molar-refractivity contribution in [2.75, 3.05) is 18.9 Å². The summed E-state index contributed by atoms with van der Waals surface area (Å²) in [5.74, 6) is -0.106. The van der Waals surface area contributed by atoms with Gasteiger partial charge in [-0.15, -0.1) is 0 Å². The van der Waals surface area contributed by atoms with Crippen LogP contribution in [-0.4, -0.2) is 39.0 Å². The van der Waals surface area contributed by atoms with Crippen LogP contribution in [0.4, 0.5) is 15.0 Å². The predicted octanol–water partition coefficient (Wildman–Crippen LogP) is 3.30. The Labute approximate surface area is 176 Å². The van der Waals surface area contributed by atoms with Crippen LogP contribution in [0.5, 0.6) is 5.75 Å². The van der Waals surface area contributed by atoms with E-state index < -0.39 is 24.1 Å². The molecule has 1 aromatic carbocycles. The number of ether oxygens (including phenoxy) is 2. The highest BCUT2D eigenvalue weighted by atomic mass is 35.5. The molecule has 2 aromatic heterocycles. The third-order valence-electron chi connectivity index (χ3n) is 5.04. The first-order valence-electron chi connectivity index (χ1n) is 9.37. The Morgan fingerprint density at radius 3 is 2.93 bits per heavy atom. The SMILES string of the molecule is CCOc1c([C@@H](C)n2nc(C)c3c(N)ncnc32)cc(Cl)c(F)c1[C@@H]1CNC(=O)O1. The van der Waals surface area contributed by atoms with Gasteiger partial charge in [0.15, 0.2) is 17.6 Å². The van der Waals surface area contributed by atoms with Crippen molar-refractivity contribution in [3.05, 3.63) is 40.1 Å². The van der Waals surface area contributed by atoms with E-state index in [-0.39, 0.29) is 29.5 Å². The molecular weight excluding hydrogens is 415 g/mol. The third kappa shape index (κ3) is 3.17. The van der Waals surface area contributed by atoms with E-state index in [9.17, 15) is 4.79 Å². The van der Waals surface area contributed by atoms with E-state index in [1.165, 1.54) is 12.4 Å². The zero-order valence-electron chi connectivity index (χ0n) is 16.6. The van der Waals surface area contributed by atoms with Crippen LogP contribution in [0, 0.1) is 12.7 Å². The number of carbonyl (C=O) groups excluding carboxylic acids is 1. The third-order valence-corrected chi connectivity index (χ3v) is 5.31. The minimum atomic E-state index is -0.863. The van der Waals surface area contributed by atoms with Crippen LogP contribution in [-0.2, 0) is 4.74 Å². The quantitative estimate of drug-likeness (QED) is 0.632. The fourth-order valence-electron chi connectivity index (χ4n) is 3.67. The number of rotatable bonds is 5. The zero-order valence-corrected chi connectivity index (χ0v) is 17.3. The largest absolute Gasteiger partial charge is 0.493 e. The van der Waals surface area contributed by atoms with Crippen molar-refractivity contribution in [3.8, 4) is 5.75 Å². The molecule has 4 rings (SSSR count). The van der Waals surface area contributed by atoms with E-state index >= 15 is 4.39 Å². The van der Waals surface area contributed by atoms with Gasteiger partial charge in [-0.05, 0) is 26.8 Å². The van der Waals surface area contributed by atoms with Crippen LogP contribution in [0.3, 0.4) is 0 Å². The lowest BCUT2D eigenvalue weighted by Crippen LogP contribution is -2.16. The Balaban J connectivity index is 1.91. The molecular formula is C19H20ClFN6O3. The molecule has 30 heavy (non-hydrogen) atoms. The van der Waals surface area contributed by atoms with Crippen LogP contribution in [0.15, 0.2) is 12.4 Å². The summed E-state index contributed by atoms with van der Waals surface area (Å²) in [7, 11) is 0. The molecule has 1 aliphatic rings. The van der Waals surface area contributed by atoms with Crippen LogP contribution >= 0.6 is 11.6 Å². The number of cyclic esters (lactones) is 1. The molecule has 158 valence electrons. The van der Waals surface area contributed by atoms with Gasteiger partial charge in [0.2, 0.25) is 0 Å². The number of aromatic nitrogens is 4. The molecule has 0 bridgehead atoms. The van der Waals surface area contributed by atoms with Gasteiger partial charge in [-0.2, -0.15) is 5.10 Å². The molecule has 1 saturated heterocycles. The summed E-state index contributed by atoms with van der Waals surface area (Å²) in [5, 5.41) is 7.62. The molecule has 3 N–H and O–H groups in total. The number of fused-ring (bicyclic) bond motifs is 1. The van der Waals surface area contributed by atoms with Crippen molar-refractivity contribution >= 4 is 34.5 Å². The second kappa shape index (κ2) is 7.60. The lowest BCUT2D eigenvalue weighted by molar-refractivity contribution is 0.137. The number of benzene rings is 1. The number of hydrogen-bond donors (Lipinski definition) is 2. The van der Waals surface area contributed by atoms with Gasteiger partial charge in [-0.25, -0.2) is 23.8 Å². The van der Waals surface area contributed by atoms with Crippen molar-refractivity contribution in [1.82, 2.24) is 25.1 Å². The normalized spacial score (nSPS) is 17.1. The van der Waals surface area contributed by atoms with Gasteiger partial charge in [0, 0.05) is 5.56 Å². The number of alkyl carbamates (subject to hydrolysis) is 1. The molecule has 3 aromatic rings. The number of aryl methyl sites for hydroxylation is 1. The van der Waals surface area contributed by atoms with Gasteiger partial charge in [0.25, 0.3) is 0 Å². The van der Waals surface area contributed by atoms with Gasteiger partial charge in [-0.1, -0.05) is 11.6 Å². The van der Waals surface area contributed by atoms with Crippen LogP contribution in [0.1, 0.15) is 42.8 Å². The number of nitrogens with two attached hydrogens (primary N) is 1. The number of halogens is 2. The van der Waals surface area contributed by atoms with Crippen molar-refractivity contribution < 1.29 is 18.7 Å². The Morgan fingerprint density at radius 1 is 1.50 bits per heavy atom. The van der Waals surface area contributed by atoms with Gasteiger partial charge in [0.1, 0.15) is 17.9 Å². The van der Waals surface area contributed by atoms with Crippen LogP contribution in [0.2, 0.25) is 5.02 Å². The Bertz CT molecular complexity index is 1150. The smallest absolute Gasteiger partial charge is 0.407 e. The number of nitrogen functional groups attached to an aromatic ring is 1. The van der Waals surface area contributed by atoms with E-state index in [2.05, 4.69) is 20.4 Å². The van der Waals surface area contributed by atoms with Crippen molar-refractivity contribution in [1.29, 1.82) is 0 Å². The topological polar surface area (TPSA) is 117 Å². The Hall–Kier alpha value is -3.14. The number of carbonyl (C=O) groups is 1. The summed E-state index contributed by atoms with van der Waals surface area (Å²) >= 11 is 6.22. The first-order valence-corrected chi connectivity index (χ1v) is 9.75. The number of nitrogens with zero attached hydrogens (tertiary/aromatic N) is 4. The molecule has 9 nitrogen and oxygen atoms in total. The summed E-state index contributed by atoms with van der Waals surface area (Å²) in [5.41, 5.74) is 7.85. The number of hydrogen-bond acceptors (Lipinski definition) is 7. The summed E-state index contributed by atoms with van der Waals surface area (Å²) in [6, 6.07) is 1.05. The molecule has 2 atom stereocenters. The lowest BCUT2D eigenvalue weighted by atomic mass is 9.99. The van der Waals surface area contributed by atoms with Crippen LogP contribution < -0.4 is 15.8 Å². The van der Waals surface area contributed by atoms with Crippen LogP contribution in [0.25, 0.3) is 11.0 Å². The summed E-state index contributed by atoms with van der Waals surface area (Å²) in [4.78, 5) is 19.9. The van der Waals surface area contributed by atoms with Gasteiger partial charge < -0.3 is 20.5 Å². The number of amides is 1. The summed E-state index contributed by atoms with van der Waals surface area (Å²) < 4.78 is 27.7. The van der Waals surface area contributed by atoms with E-state index in [1.54, 1.807) is 18.5 Å². The van der Waals surface area contributed by atoms with E-state index in [0.717, 1.165) is 0 Å². The van der Waals surface area contributed by atoms with Gasteiger partial charge in [-0.3, -0.25) is 0 Å².